The molecule has 0 amide bonds. The minimum atomic E-state index is -0.877. The maximum absolute atomic E-state index is 12.5. The summed E-state index contributed by atoms with van der Waals surface area (Å²) in [4.78, 5) is 10.6. The highest BCUT2D eigenvalue weighted by atomic mass is 19.1. The third kappa shape index (κ3) is 1.55. The van der Waals surface area contributed by atoms with E-state index in [2.05, 4.69) is 0 Å². The lowest BCUT2D eigenvalue weighted by Crippen LogP contribution is -1.97. The summed E-state index contributed by atoms with van der Waals surface area (Å²) in [5.41, 5.74) is 0.224. The van der Waals surface area contributed by atoms with Crippen LogP contribution in [0, 0.1) is 5.82 Å². The topological polar surface area (TPSA) is 40.1 Å². The average molecular weight is 153 g/mol. The number of ketones is 1. The van der Waals surface area contributed by atoms with E-state index in [9.17, 15) is 14.3 Å². The molecule has 0 bridgehead atoms. The Labute approximate surface area is 63.3 Å². The zero-order valence-electron chi connectivity index (χ0n) is 5.93. The van der Waals surface area contributed by atoms with Gasteiger partial charge in [-0.05, 0) is 13.0 Å². The summed E-state index contributed by atoms with van der Waals surface area (Å²) < 4.78 is 12.5. The second kappa shape index (κ2) is 2.70. The molecule has 0 saturated heterocycles. The maximum atomic E-state index is 12.5. The van der Waals surface area contributed by atoms with E-state index in [1.807, 2.05) is 0 Å². The molecule has 2 nitrogen and oxygen atoms in total. The van der Waals surface area contributed by atoms with Gasteiger partial charge in [0, 0.05) is 5.56 Å². The summed E-state index contributed by atoms with van der Waals surface area (Å²) in [7, 11) is 0. The predicted molar refractivity (Wildman–Crippen MR) is 35.9 cm³/mol. The molecule has 0 N–H and O–H groups in total. The first kappa shape index (κ1) is 7.72. The van der Waals surface area contributed by atoms with Gasteiger partial charge in [-0.2, -0.15) is 0 Å². The predicted octanol–water partition coefficient (Wildman–Crippen LogP) is 1.10. The summed E-state index contributed by atoms with van der Waals surface area (Å²) in [6, 6.07) is 3.31. The van der Waals surface area contributed by atoms with Crippen molar-refractivity contribution in [1.82, 2.24) is 0 Å². The van der Waals surface area contributed by atoms with Gasteiger partial charge in [-0.1, -0.05) is 17.9 Å². The lowest BCUT2D eigenvalue weighted by molar-refractivity contribution is -0.272. The zero-order valence-corrected chi connectivity index (χ0v) is 5.93. The van der Waals surface area contributed by atoms with Crippen LogP contribution >= 0.6 is 0 Å². The van der Waals surface area contributed by atoms with Crippen LogP contribution in [0.5, 0.6) is 5.75 Å². The lowest BCUT2D eigenvalue weighted by atomic mass is 10.1. The van der Waals surface area contributed by atoms with Crippen molar-refractivity contribution in [3.63, 3.8) is 0 Å². The molecule has 1 aromatic carbocycles. The van der Waals surface area contributed by atoms with Crippen LogP contribution in [0.1, 0.15) is 17.3 Å². The lowest BCUT2D eigenvalue weighted by Gasteiger charge is -2.06. The molecule has 0 atom stereocenters. The molecule has 3 heteroatoms. The second-order valence-corrected chi connectivity index (χ2v) is 2.20. The number of hydrogen-bond donors (Lipinski definition) is 0. The first-order valence-corrected chi connectivity index (χ1v) is 3.09. The van der Waals surface area contributed by atoms with Crippen LogP contribution in [-0.4, -0.2) is 5.78 Å². The van der Waals surface area contributed by atoms with Crippen molar-refractivity contribution in [2.24, 2.45) is 0 Å². The van der Waals surface area contributed by atoms with Gasteiger partial charge >= 0.3 is 0 Å². The molecule has 0 spiro atoms. The Bertz CT molecular complexity index is 294. The van der Waals surface area contributed by atoms with Gasteiger partial charge in [0.15, 0.2) is 5.78 Å². The Kier molecular flexibility index (Phi) is 1.89. The number of carbonyl (C=O) groups excluding carboxylic acids is 1. The van der Waals surface area contributed by atoms with Crippen molar-refractivity contribution >= 4 is 5.78 Å². The number of carbonyl (C=O) groups is 1. The van der Waals surface area contributed by atoms with Gasteiger partial charge in [-0.25, -0.2) is 4.39 Å². The first-order chi connectivity index (χ1) is 5.11. The fraction of sp³-hybridized carbons (Fsp3) is 0.125. The Morgan fingerprint density at radius 1 is 1.55 bits per heavy atom. The number of Topliss-reactive ketones (excluding diaryl/α,β-unsaturated/α-hetero) is 1. The molecule has 0 aliphatic carbocycles. The molecular weight excluding hydrogens is 147 g/mol. The number of benzene rings is 1. The Hall–Kier alpha value is -1.38. The van der Waals surface area contributed by atoms with Crippen molar-refractivity contribution in [2.45, 2.75) is 6.92 Å². The van der Waals surface area contributed by atoms with Crippen LogP contribution < -0.4 is 5.11 Å². The first-order valence-electron chi connectivity index (χ1n) is 3.09. The fourth-order valence-corrected chi connectivity index (χ4v) is 0.720. The Morgan fingerprint density at radius 2 is 2.18 bits per heavy atom. The molecule has 58 valence electrons. The van der Waals surface area contributed by atoms with Crippen LogP contribution in [0.4, 0.5) is 4.39 Å². The molecule has 0 aliphatic heterocycles. The van der Waals surface area contributed by atoms with Crippen molar-refractivity contribution in [1.29, 1.82) is 0 Å². The molecule has 0 saturated carbocycles. The molecule has 1 rings (SSSR count). The van der Waals surface area contributed by atoms with Crippen molar-refractivity contribution in [2.75, 3.05) is 0 Å². The normalized spacial score (nSPS) is 9.64. The van der Waals surface area contributed by atoms with Gasteiger partial charge in [0.1, 0.15) is 5.82 Å². The Balaban J connectivity index is 3.15. The van der Waals surface area contributed by atoms with E-state index in [0.29, 0.717) is 0 Å². The van der Waals surface area contributed by atoms with Crippen LogP contribution in [0.2, 0.25) is 0 Å². The number of halogens is 1. The summed E-state index contributed by atoms with van der Waals surface area (Å²) in [6.45, 7) is 1.32. The van der Waals surface area contributed by atoms with Crippen LogP contribution in [-0.2, 0) is 0 Å². The molecule has 0 radical (unpaired) electrons. The average Bonchev–Trinajstić information content (AvgIpc) is 1.94. The molecule has 0 fully saturated rings. The van der Waals surface area contributed by atoms with Crippen LogP contribution in [0.15, 0.2) is 18.2 Å². The molecule has 11 heavy (non-hydrogen) atoms. The van der Waals surface area contributed by atoms with Gasteiger partial charge in [-0.3, -0.25) is 4.79 Å². The van der Waals surface area contributed by atoms with Crippen LogP contribution in [0.25, 0.3) is 0 Å². The van der Waals surface area contributed by atoms with Gasteiger partial charge in [0.25, 0.3) is 0 Å². The summed E-state index contributed by atoms with van der Waals surface area (Å²) >= 11 is 0. The number of hydrogen-bond acceptors (Lipinski definition) is 2. The summed E-state index contributed by atoms with van der Waals surface area (Å²) in [6.07, 6.45) is 0. The quantitative estimate of drug-likeness (QED) is 0.567. The molecule has 0 heterocycles. The minimum absolute atomic E-state index is 0.224. The van der Waals surface area contributed by atoms with E-state index < -0.39 is 11.6 Å². The highest BCUT2D eigenvalue weighted by Gasteiger charge is 1.99. The van der Waals surface area contributed by atoms with E-state index in [1.54, 1.807) is 0 Å². The highest BCUT2D eigenvalue weighted by Crippen LogP contribution is 2.13. The minimum Gasteiger partial charge on any atom is -0.870 e. The SMILES string of the molecule is CC(=O)c1ccc([O-])c(F)c1. The van der Waals surface area contributed by atoms with Gasteiger partial charge in [-0.15, -0.1) is 0 Å². The molecule has 0 aliphatic rings. The van der Waals surface area contributed by atoms with E-state index in [4.69, 9.17) is 0 Å². The zero-order chi connectivity index (χ0) is 8.43. The van der Waals surface area contributed by atoms with E-state index in [1.165, 1.54) is 13.0 Å². The fourth-order valence-electron chi connectivity index (χ4n) is 0.720. The summed E-state index contributed by atoms with van der Waals surface area (Å²) in [5, 5.41) is 10.5. The maximum Gasteiger partial charge on any atom is 0.159 e. The van der Waals surface area contributed by atoms with Crippen LogP contribution in [0.3, 0.4) is 0 Å². The second-order valence-electron chi connectivity index (χ2n) is 2.20. The number of rotatable bonds is 1. The molecular formula is C8H6FO2-. The van der Waals surface area contributed by atoms with Crippen molar-refractivity contribution < 1.29 is 14.3 Å². The van der Waals surface area contributed by atoms with Gasteiger partial charge in [0.05, 0.1) is 0 Å². The molecule has 0 aromatic heterocycles. The van der Waals surface area contributed by atoms with Gasteiger partial charge < -0.3 is 5.11 Å². The van der Waals surface area contributed by atoms with E-state index in [-0.39, 0.29) is 11.3 Å². The molecule has 1 aromatic rings. The smallest absolute Gasteiger partial charge is 0.159 e. The van der Waals surface area contributed by atoms with E-state index in [0.717, 1.165) is 12.1 Å². The standard InChI is InChI=1S/C8H7FO2/c1-5(10)6-2-3-8(11)7(9)4-6/h2-4,11H,1H3/p-1. The highest BCUT2D eigenvalue weighted by molar-refractivity contribution is 5.94. The van der Waals surface area contributed by atoms with Crippen molar-refractivity contribution in [3.05, 3.63) is 29.6 Å². The van der Waals surface area contributed by atoms with Gasteiger partial charge in [0.2, 0.25) is 0 Å². The third-order valence-corrected chi connectivity index (χ3v) is 1.34. The Morgan fingerprint density at radius 3 is 2.64 bits per heavy atom. The monoisotopic (exact) mass is 153 g/mol. The summed E-state index contributed by atoms with van der Waals surface area (Å²) in [5.74, 6) is -1.81. The third-order valence-electron chi connectivity index (χ3n) is 1.34. The largest absolute Gasteiger partial charge is 0.870 e. The van der Waals surface area contributed by atoms with E-state index >= 15 is 0 Å². The van der Waals surface area contributed by atoms with Crippen molar-refractivity contribution in [3.8, 4) is 5.75 Å². The molecule has 0 unspecified atom stereocenters.